The second-order valence-electron chi connectivity index (χ2n) is 4.29. The van der Waals surface area contributed by atoms with Gasteiger partial charge in [0, 0.05) is 22.4 Å². The SMILES string of the molecule is O=C1N[C@@H](c2cccc(Br)c2)[C@H](c2cccnc2)O1. The van der Waals surface area contributed by atoms with Crippen LogP contribution in [0, 0.1) is 0 Å². The van der Waals surface area contributed by atoms with Crippen LogP contribution in [0.2, 0.25) is 0 Å². The molecule has 2 heterocycles. The van der Waals surface area contributed by atoms with E-state index in [1.807, 2.05) is 36.4 Å². The maximum atomic E-state index is 11.5. The monoisotopic (exact) mass is 318 g/mol. The van der Waals surface area contributed by atoms with E-state index in [9.17, 15) is 4.79 Å². The minimum Gasteiger partial charge on any atom is -0.439 e. The molecule has 19 heavy (non-hydrogen) atoms. The zero-order valence-corrected chi connectivity index (χ0v) is 11.5. The summed E-state index contributed by atoms with van der Waals surface area (Å²) in [5.74, 6) is 0. The Morgan fingerprint density at radius 1 is 1.21 bits per heavy atom. The van der Waals surface area contributed by atoms with Crippen molar-refractivity contribution in [2.45, 2.75) is 12.1 Å². The predicted molar refractivity (Wildman–Crippen MR) is 73.5 cm³/mol. The smallest absolute Gasteiger partial charge is 0.408 e. The number of ether oxygens (including phenoxy) is 1. The minimum atomic E-state index is -0.404. The number of benzene rings is 1. The maximum absolute atomic E-state index is 11.5. The molecule has 0 saturated carbocycles. The number of cyclic esters (lactones) is 1. The largest absolute Gasteiger partial charge is 0.439 e. The van der Waals surface area contributed by atoms with Gasteiger partial charge in [0.15, 0.2) is 6.10 Å². The van der Waals surface area contributed by atoms with E-state index in [2.05, 4.69) is 26.2 Å². The molecule has 2 aromatic rings. The number of hydrogen-bond donors (Lipinski definition) is 1. The lowest BCUT2D eigenvalue weighted by atomic mass is 9.98. The lowest BCUT2D eigenvalue weighted by Crippen LogP contribution is -2.19. The quantitative estimate of drug-likeness (QED) is 0.923. The molecule has 1 fully saturated rings. The second-order valence-corrected chi connectivity index (χ2v) is 5.20. The van der Waals surface area contributed by atoms with E-state index in [0.717, 1.165) is 15.6 Å². The number of rotatable bonds is 2. The van der Waals surface area contributed by atoms with Crippen molar-refractivity contribution in [3.63, 3.8) is 0 Å². The number of halogens is 1. The zero-order chi connectivity index (χ0) is 13.2. The number of carbonyl (C=O) groups excluding carboxylic acids is 1. The first-order valence-corrected chi connectivity index (χ1v) is 6.66. The zero-order valence-electron chi connectivity index (χ0n) is 9.92. The van der Waals surface area contributed by atoms with Crippen LogP contribution in [0.1, 0.15) is 23.3 Å². The molecule has 96 valence electrons. The number of aromatic nitrogens is 1. The van der Waals surface area contributed by atoms with Gasteiger partial charge in [0.2, 0.25) is 0 Å². The van der Waals surface area contributed by atoms with Crippen LogP contribution in [0.4, 0.5) is 4.79 Å². The number of nitrogens with zero attached hydrogens (tertiary/aromatic N) is 1. The van der Waals surface area contributed by atoms with Gasteiger partial charge in [-0.3, -0.25) is 4.98 Å². The van der Waals surface area contributed by atoms with E-state index in [1.165, 1.54) is 0 Å². The van der Waals surface area contributed by atoms with Crippen molar-refractivity contribution >= 4 is 22.0 Å². The lowest BCUT2D eigenvalue weighted by molar-refractivity contribution is 0.132. The molecule has 1 aliphatic heterocycles. The van der Waals surface area contributed by atoms with Crippen molar-refractivity contribution in [1.82, 2.24) is 10.3 Å². The van der Waals surface area contributed by atoms with Gasteiger partial charge in [-0.1, -0.05) is 34.1 Å². The summed E-state index contributed by atoms with van der Waals surface area (Å²) < 4.78 is 6.32. The first-order chi connectivity index (χ1) is 9.24. The summed E-state index contributed by atoms with van der Waals surface area (Å²) in [4.78, 5) is 15.6. The third-order valence-electron chi connectivity index (χ3n) is 3.03. The summed E-state index contributed by atoms with van der Waals surface area (Å²) in [5, 5.41) is 2.84. The van der Waals surface area contributed by atoms with Crippen molar-refractivity contribution in [3.05, 3.63) is 64.4 Å². The number of hydrogen-bond acceptors (Lipinski definition) is 3. The average Bonchev–Trinajstić information content (AvgIpc) is 2.82. The van der Waals surface area contributed by atoms with Crippen molar-refractivity contribution < 1.29 is 9.53 Å². The highest BCUT2D eigenvalue weighted by Crippen LogP contribution is 2.36. The second kappa shape index (κ2) is 5.01. The van der Waals surface area contributed by atoms with Gasteiger partial charge in [0.05, 0.1) is 6.04 Å². The molecule has 1 aliphatic rings. The Hall–Kier alpha value is -1.88. The lowest BCUT2D eigenvalue weighted by Gasteiger charge is -2.17. The highest BCUT2D eigenvalue weighted by atomic mass is 79.9. The van der Waals surface area contributed by atoms with Gasteiger partial charge in [-0.25, -0.2) is 4.79 Å². The number of pyridine rings is 1. The van der Waals surface area contributed by atoms with Gasteiger partial charge in [0.25, 0.3) is 0 Å². The normalized spacial score (nSPS) is 21.8. The number of nitrogens with one attached hydrogen (secondary N) is 1. The van der Waals surface area contributed by atoms with Crippen molar-refractivity contribution in [1.29, 1.82) is 0 Å². The van der Waals surface area contributed by atoms with Crippen LogP contribution in [-0.2, 0) is 4.74 Å². The Balaban J connectivity index is 1.97. The molecule has 1 saturated heterocycles. The van der Waals surface area contributed by atoms with Gasteiger partial charge < -0.3 is 10.1 Å². The van der Waals surface area contributed by atoms with Crippen LogP contribution in [0.3, 0.4) is 0 Å². The number of amides is 1. The van der Waals surface area contributed by atoms with E-state index in [4.69, 9.17) is 4.74 Å². The molecule has 3 rings (SSSR count). The summed E-state index contributed by atoms with van der Waals surface area (Å²) >= 11 is 3.43. The summed E-state index contributed by atoms with van der Waals surface area (Å²) in [6.07, 6.45) is 2.66. The molecule has 0 bridgehead atoms. The summed E-state index contributed by atoms with van der Waals surface area (Å²) in [6, 6.07) is 11.4. The van der Waals surface area contributed by atoms with Crippen molar-refractivity contribution in [2.24, 2.45) is 0 Å². The van der Waals surface area contributed by atoms with Gasteiger partial charge in [0.1, 0.15) is 0 Å². The van der Waals surface area contributed by atoms with Gasteiger partial charge in [-0.05, 0) is 23.8 Å². The Bertz CT molecular complexity index is 603. The first kappa shape index (κ1) is 12.2. The fraction of sp³-hybridized carbons (Fsp3) is 0.143. The van der Waals surface area contributed by atoms with Crippen LogP contribution in [0.5, 0.6) is 0 Å². The third-order valence-corrected chi connectivity index (χ3v) is 3.52. The topological polar surface area (TPSA) is 51.2 Å². The first-order valence-electron chi connectivity index (χ1n) is 5.86. The van der Waals surface area contributed by atoms with E-state index in [0.29, 0.717) is 0 Å². The molecule has 1 aromatic carbocycles. The molecule has 0 unspecified atom stereocenters. The molecule has 1 amide bonds. The molecular formula is C14H11BrN2O2. The Morgan fingerprint density at radius 2 is 2.05 bits per heavy atom. The van der Waals surface area contributed by atoms with E-state index in [1.54, 1.807) is 12.4 Å². The molecule has 0 aliphatic carbocycles. The standard InChI is InChI=1S/C14H11BrN2O2/c15-11-5-1-3-9(7-11)12-13(19-14(18)17-12)10-4-2-6-16-8-10/h1-8,12-13H,(H,17,18)/t12-,13-/m0/s1. The molecule has 0 radical (unpaired) electrons. The van der Waals surface area contributed by atoms with Crippen LogP contribution in [-0.4, -0.2) is 11.1 Å². The molecular weight excluding hydrogens is 308 g/mol. The minimum absolute atomic E-state index is 0.200. The van der Waals surface area contributed by atoms with Crippen LogP contribution >= 0.6 is 15.9 Å². The average molecular weight is 319 g/mol. The molecule has 1 N–H and O–H groups in total. The molecule has 5 heteroatoms. The third kappa shape index (κ3) is 2.46. The van der Waals surface area contributed by atoms with Crippen LogP contribution in [0.15, 0.2) is 53.3 Å². The van der Waals surface area contributed by atoms with E-state index < -0.39 is 6.09 Å². The fourth-order valence-electron chi connectivity index (χ4n) is 2.18. The molecule has 2 atom stereocenters. The molecule has 4 nitrogen and oxygen atoms in total. The fourth-order valence-corrected chi connectivity index (χ4v) is 2.60. The number of alkyl carbamates (subject to hydrolysis) is 1. The van der Waals surface area contributed by atoms with Gasteiger partial charge >= 0.3 is 6.09 Å². The van der Waals surface area contributed by atoms with Crippen LogP contribution < -0.4 is 5.32 Å². The Labute approximate surface area is 118 Å². The Morgan fingerprint density at radius 3 is 2.79 bits per heavy atom. The van der Waals surface area contributed by atoms with Crippen molar-refractivity contribution in [2.75, 3.05) is 0 Å². The highest BCUT2D eigenvalue weighted by Gasteiger charge is 2.36. The van der Waals surface area contributed by atoms with E-state index in [-0.39, 0.29) is 12.1 Å². The molecule has 1 aromatic heterocycles. The van der Waals surface area contributed by atoms with Crippen LogP contribution in [0.25, 0.3) is 0 Å². The van der Waals surface area contributed by atoms with Gasteiger partial charge in [-0.15, -0.1) is 0 Å². The van der Waals surface area contributed by atoms with Crippen molar-refractivity contribution in [3.8, 4) is 0 Å². The highest BCUT2D eigenvalue weighted by molar-refractivity contribution is 9.10. The summed E-state index contributed by atoms with van der Waals surface area (Å²) in [7, 11) is 0. The van der Waals surface area contributed by atoms with Gasteiger partial charge in [-0.2, -0.15) is 0 Å². The molecule has 0 spiro atoms. The summed E-state index contributed by atoms with van der Waals surface area (Å²) in [5.41, 5.74) is 1.87. The predicted octanol–water partition coefficient (Wildman–Crippen LogP) is 3.37. The summed E-state index contributed by atoms with van der Waals surface area (Å²) in [6.45, 7) is 0. The van der Waals surface area contributed by atoms with E-state index >= 15 is 0 Å². The Kier molecular flexibility index (Phi) is 3.21. The maximum Gasteiger partial charge on any atom is 0.408 e. The number of carbonyl (C=O) groups is 1.